The molecular formula is C22H28N2O3. The first-order valence-electron chi connectivity index (χ1n) is 9.04. The molecule has 2 aromatic carbocycles. The van der Waals surface area contributed by atoms with Gasteiger partial charge in [0.05, 0.1) is 12.7 Å². The summed E-state index contributed by atoms with van der Waals surface area (Å²) >= 11 is 0. The zero-order valence-electron chi connectivity index (χ0n) is 16.7. The van der Waals surface area contributed by atoms with Crippen LogP contribution in [0.3, 0.4) is 0 Å². The van der Waals surface area contributed by atoms with Crippen LogP contribution in [0, 0.1) is 0 Å². The number of ether oxygens (including phenoxy) is 1. The quantitative estimate of drug-likeness (QED) is 0.844. The predicted octanol–water partition coefficient (Wildman–Crippen LogP) is 3.78. The van der Waals surface area contributed by atoms with E-state index in [1.54, 1.807) is 30.0 Å². The Balaban J connectivity index is 2.13. The van der Waals surface area contributed by atoms with E-state index in [0.717, 1.165) is 11.3 Å². The Bertz CT molecular complexity index is 809. The minimum Gasteiger partial charge on any atom is -0.496 e. The van der Waals surface area contributed by atoms with Crippen LogP contribution in [0.4, 0.5) is 5.69 Å². The number of carbonyl (C=O) groups is 2. The van der Waals surface area contributed by atoms with E-state index in [-0.39, 0.29) is 17.2 Å². The summed E-state index contributed by atoms with van der Waals surface area (Å²) in [5.41, 5.74) is 2.36. The molecule has 0 atom stereocenters. The van der Waals surface area contributed by atoms with E-state index in [1.165, 1.54) is 7.11 Å². The number of methoxy groups -OCH3 is 1. The zero-order chi connectivity index (χ0) is 20.0. The molecule has 5 heteroatoms. The summed E-state index contributed by atoms with van der Waals surface area (Å²) in [6.07, 6.45) is 0. The van der Waals surface area contributed by atoms with E-state index in [0.29, 0.717) is 24.4 Å². The van der Waals surface area contributed by atoms with E-state index >= 15 is 0 Å². The maximum atomic E-state index is 12.4. The largest absolute Gasteiger partial charge is 0.496 e. The Morgan fingerprint density at radius 3 is 2.30 bits per heavy atom. The molecule has 2 aromatic rings. The summed E-state index contributed by atoms with van der Waals surface area (Å²) in [5.74, 6) is 0.245. The lowest BCUT2D eigenvalue weighted by molar-refractivity contribution is -0.116. The van der Waals surface area contributed by atoms with Crippen molar-refractivity contribution in [3.05, 3.63) is 59.7 Å². The zero-order valence-corrected chi connectivity index (χ0v) is 16.7. The van der Waals surface area contributed by atoms with Crippen molar-refractivity contribution in [3.8, 4) is 5.75 Å². The molecule has 1 N–H and O–H groups in total. The Hall–Kier alpha value is -2.82. The molecule has 0 aliphatic heterocycles. The topological polar surface area (TPSA) is 58.6 Å². The lowest BCUT2D eigenvalue weighted by Crippen LogP contribution is -2.38. The molecule has 0 radical (unpaired) electrons. The molecule has 0 aromatic heterocycles. The van der Waals surface area contributed by atoms with Crippen LogP contribution < -0.4 is 15.0 Å². The lowest BCUT2D eigenvalue weighted by atomic mass is 9.85. The Morgan fingerprint density at radius 2 is 1.67 bits per heavy atom. The first-order chi connectivity index (χ1) is 12.8. The number of anilines is 1. The van der Waals surface area contributed by atoms with Crippen molar-refractivity contribution in [2.75, 3.05) is 25.1 Å². The molecule has 0 fully saturated rings. The van der Waals surface area contributed by atoms with Gasteiger partial charge < -0.3 is 15.0 Å². The van der Waals surface area contributed by atoms with Crippen molar-refractivity contribution in [1.82, 2.24) is 5.32 Å². The second-order valence-electron chi connectivity index (χ2n) is 7.39. The highest BCUT2D eigenvalue weighted by atomic mass is 16.5. The van der Waals surface area contributed by atoms with Gasteiger partial charge in [0.1, 0.15) is 5.75 Å². The third-order valence-electron chi connectivity index (χ3n) is 4.36. The molecule has 0 saturated heterocycles. The van der Waals surface area contributed by atoms with Crippen LogP contribution in [0.2, 0.25) is 0 Å². The molecule has 0 aliphatic carbocycles. The normalized spacial score (nSPS) is 11.0. The van der Waals surface area contributed by atoms with Gasteiger partial charge in [-0.2, -0.15) is 0 Å². The minimum absolute atomic E-state index is 0.0572. The van der Waals surface area contributed by atoms with Crippen molar-refractivity contribution < 1.29 is 14.3 Å². The van der Waals surface area contributed by atoms with Gasteiger partial charge in [-0.25, -0.2) is 0 Å². The molecule has 144 valence electrons. The van der Waals surface area contributed by atoms with Gasteiger partial charge in [-0.3, -0.25) is 9.59 Å². The van der Waals surface area contributed by atoms with Gasteiger partial charge >= 0.3 is 0 Å². The number of nitrogens with one attached hydrogen (secondary N) is 1. The van der Waals surface area contributed by atoms with Crippen molar-refractivity contribution in [2.24, 2.45) is 0 Å². The van der Waals surface area contributed by atoms with Crippen LogP contribution >= 0.6 is 0 Å². The van der Waals surface area contributed by atoms with E-state index in [4.69, 9.17) is 4.74 Å². The fraction of sp³-hybridized carbons (Fsp3) is 0.364. The summed E-state index contributed by atoms with van der Waals surface area (Å²) in [6.45, 7) is 8.63. The average Bonchev–Trinajstić information content (AvgIpc) is 2.64. The molecule has 2 amide bonds. The molecule has 0 bridgehead atoms. The van der Waals surface area contributed by atoms with Gasteiger partial charge in [-0.1, -0.05) is 51.1 Å². The highest BCUT2D eigenvalue weighted by Gasteiger charge is 2.22. The number of rotatable bonds is 6. The number of para-hydroxylation sites is 2. The standard InChI is InChI=1S/C22H28N2O3/c1-16(25)24(19-12-8-7-11-18(19)22(2,3)4)15-14-23-21(26)17-10-6-9-13-20(17)27-5/h6-13H,14-15H2,1-5H3,(H,23,26). The molecule has 0 heterocycles. The highest BCUT2D eigenvalue weighted by molar-refractivity contribution is 5.97. The molecular weight excluding hydrogens is 340 g/mol. The molecule has 0 spiro atoms. The smallest absolute Gasteiger partial charge is 0.255 e. The third kappa shape index (κ3) is 5.09. The van der Waals surface area contributed by atoms with Gasteiger partial charge in [0.25, 0.3) is 5.91 Å². The molecule has 27 heavy (non-hydrogen) atoms. The second kappa shape index (κ2) is 8.71. The van der Waals surface area contributed by atoms with Crippen LogP contribution in [0.1, 0.15) is 43.6 Å². The van der Waals surface area contributed by atoms with E-state index in [1.807, 2.05) is 30.3 Å². The number of carbonyl (C=O) groups excluding carboxylic acids is 2. The van der Waals surface area contributed by atoms with Gasteiger partial charge in [-0.15, -0.1) is 0 Å². The molecule has 0 unspecified atom stereocenters. The maximum absolute atomic E-state index is 12.4. The second-order valence-corrected chi connectivity index (χ2v) is 7.39. The van der Waals surface area contributed by atoms with Gasteiger partial charge in [0.15, 0.2) is 0 Å². The van der Waals surface area contributed by atoms with Crippen LogP contribution in [-0.2, 0) is 10.2 Å². The van der Waals surface area contributed by atoms with Crippen molar-refractivity contribution >= 4 is 17.5 Å². The molecule has 5 nitrogen and oxygen atoms in total. The summed E-state index contributed by atoms with van der Waals surface area (Å²) in [5, 5.41) is 2.87. The number of benzene rings is 2. The molecule has 0 aliphatic rings. The van der Waals surface area contributed by atoms with Gasteiger partial charge in [0.2, 0.25) is 5.91 Å². The summed E-state index contributed by atoms with van der Waals surface area (Å²) in [4.78, 5) is 26.4. The van der Waals surface area contributed by atoms with E-state index in [2.05, 4.69) is 26.1 Å². The fourth-order valence-electron chi connectivity index (χ4n) is 3.00. The number of hydrogen-bond donors (Lipinski definition) is 1. The highest BCUT2D eigenvalue weighted by Crippen LogP contribution is 2.31. The van der Waals surface area contributed by atoms with E-state index < -0.39 is 0 Å². The minimum atomic E-state index is -0.222. The van der Waals surface area contributed by atoms with Crippen molar-refractivity contribution in [2.45, 2.75) is 33.1 Å². The van der Waals surface area contributed by atoms with Crippen LogP contribution in [0.15, 0.2) is 48.5 Å². The average molecular weight is 368 g/mol. The van der Waals surface area contributed by atoms with Gasteiger partial charge in [0, 0.05) is 25.7 Å². The Labute approximate surface area is 161 Å². The van der Waals surface area contributed by atoms with Gasteiger partial charge in [-0.05, 0) is 29.2 Å². The fourth-order valence-corrected chi connectivity index (χ4v) is 3.00. The predicted molar refractivity (Wildman–Crippen MR) is 108 cm³/mol. The number of hydrogen-bond acceptors (Lipinski definition) is 3. The maximum Gasteiger partial charge on any atom is 0.255 e. The monoisotopic (exact) mass is 368 g/mol. The third-order valence-corrected chi connectivity index (χ3v) is 4.36. The Kier molecular flexibility index (Phi) is 6.61. The summed E-state index contributed by atoms with van der Waals surface area (Å²) < 4.78 is 5.23. The molecule has 2 rings (SSSR count). The van der Waals surface area contributed by atoms with Crippen LogP contribution in [0.5, 0.6) is 5.75 Å². The number of amides is 2. The number of nitrogens with zero attached hydrogens (tertiary/aromatic N) is 1. The first kappa shape index (κ1) is 20.5. The SMILES string of the molecule is COc1ccccc1C(=O)NCCN(C(C)=O)c1ccccc1C(C)(C)C. The Morgan fingerprint density at radius 1 is 1.04 bits per heavy atom. The lowest BCUT2D eigenvalue weighted by Gasteiger charge is -2.29. The summed E-state index contributed by atoms with van der Waals surface area (Å²) in [6, 6.07) is 15.0. The molecule has 0 saturated carbocycles. The van der Waals surface area contributed by atoms with Crippen molar-refractivity contribution in [1.29, 1.82) is 0 Å². The van der Waals surface area contributed by atoms with E-state index in [9.17, 15) is 9.59 Å². The first-order valence-corrected chi connectivity index (χ1v) is 9.04. The van der Waals surface area contributed by atoms with Crippen molar-refractivity contribution in [3.63, 3.8) is 0 Å². The van der Waals surface area contributed by atoms with Crippen LogP contribution in [0.25, 0.3) is 0 Å². The summed E-state index contributed by atoms with van der Waals surface area (Å²) in [7, 11) is 1.53. The van der Waals surface area contributed by atoms with Crippen LogP contribution in [-0.4, -0.2) is 32.0 Å².